The lowest BCUT2D eigenvalue weighted by atomic mass is 9.87. The van der Waals surface area contributed by atoms with Gasteiger partial charge in [0.2, 0.25) is 10.0 Å². The first-order chi connectivity index (χ1) is 13.8. The number of hydrogen-bond donors (Lipinski definition) is 1. The van der Waals surface area contributed by atoms with Gasteiger partial charge in [-0.3, -0.25) is 9.78 Å². The Kier molecular flexibility index (Phi) is 7.07. The zero-order valence-corrected chi connectivity index (χ0v) is 16.8. The topological polar surface area (TPSA) is 108 Å². The highest BCUT2D eigenvalue weighted by Gasteiger charge is 2.48. The second kappa shape index (κ2) is 8.84. The number of halogens is 4. The average Bonchev–Trinajstić information content (AvgIpc) is 3.04. The molecule has 1 aromatic rings. The normalized spacial score (nSPS) is 22.5. The highest BCUT2D eigenvalue weighted by atomic mass is 32.2. The summed E-state index contributed by atoms with van der Waals surface area (Å²) in [6.07, 6.45) is 1.51. The van der Waals surface area contributed by atoms with Crippen molar-refractivity contribution in [3.63, 3.8) is 0 Å². The number of amides is 1. The Labute approximate surface area is 170 Å². The third-order valence-corrected chi connectivity index (χ3v) is 6.39. The van der Waals surface area contributed by atoms with Crippen LogP contribution in [0.5, 0.6) is 0 Å². The zero-order valence-electron chi connectivity index (χ0n) is 16.0. The number of piperidine rings is 1. The molecule has 3 rings (SSSR count). The molecule has 2 fully saturated rings. The van der Waals surface area contributed by atoms with Crippen LogP contribution in [0.25, 0.3) is 0 Å². The number of pyridine rings is 1. The van der Waals surface area contributed by atoms with Crippen molar-refractivity contribution in [2.24, 2.45) is 0 Å². The van der Waals surface area contributed by atoms with Gasteiger partial charge in [0.05, 0.1) is 23.6 Å². The number of sulfonamides is 1. The molecule has 1 aromatic heterocycles. The number of hydrogen-bond acceptors (Lipinski definition) is 5. The molecule has 3 heterocycles. The van der Waals surface area contributed by atoms with Gasteiger partial charge in [-0.1, -0.05) is 0 Å². The fourth-order valence-corrected chi connectivity index (χ4v) is 5.25. The highest BCUT2D eigenvalue weighted by Crippen LogP contribution is 2.39. The van der Waals surface area contributed by atoms with Crippen LogP contribution in [0.3, 0.4) is 0 Å². The number of carbonyl (C=O) groups is 2. The minimum atomic E-state index is -5.08. The second-order valence-electron chi connectivity index (χ2n) is 7.15. The number of aromatic nitrogens is 1. The molecular formula is C17H21F4N3O5S. The number of alkyl halides is 3. The third-order valence-electron chi connectivity index (χ3n) is 5.02. The average molecular weight is 455 g/mol. The van der Waals surface area contributed by atoms with Crippen molar-refractivity contribution in [2.45, 2.75) is 37.4 Å². The monoisotopic (exact) mass is 455 g/mol. The standard InChI is InChI=1S/C15H20FN3O3S.C2HF3O2/c1-23(21,22)19-9-3-6-15(19)5-2-8-18(11-15)14(20)12-4-7-17-10-13(12)16;3-2(4,5)1(6)7/h4,7,10H,2-3,5-6,8-9,11H2,1H3;(H,6,7). The summed E-state index contributed by atoms with van der Waals surface area (Å²) in [5, 5.41) is 7.12. The van der Waals surface area contributed by atoms with Crippen molar-refractivity contribution in [1.29, 1.82) is 0 Å². The van der Waals surface area contributed by atoms with E-state index >= 15 is 0 Å². The molecule has 2 saturated heterocycles. The summed E-state index contributed by atoms with van der Waals surface area (Å²) in [5.41, 5.74) is -0.550. The maximum Gasteiger partial charge on any atom is 0.490 e. The number of rotatable bonds is 2. The van der Waals surface area contributed by atoms with Crippen molar-refractivity contribution in [3.05, 3.63) is 29.8 Å². The molecule has 1 atom stereocenters. The Morgan fingerprint density at radius 1 is 1.20 bits per heavy atom. The fourth-order valence-electron chi connectivity index (χ4n) is 3.84. The predicted molar refractivity (Wildman–Crippen MR) is 96.5 cm³/mol. The number of carboxylic acids is 1. The Morgan fingerprint density at radius 2 is 1.77 bits per heavy atom. The van der Waals surface area contributed by atoms with Crippen LogP contribution >= 0.6 is 0 Å². The van der Waals surface area contributed by atoms with E-state index < -0.39 is 39.4 Å². The SMILES string of the molecule is CS(=O)(=O)N1CCCC12CCCN(C(=O)c1ccncc1F)C2.O=C(O)C(F)(F)F. The van der Waals surface area contributed by atoms with Crippen molar-refractivity contribution in [3.8, 4) is 0 Å². The summed E-state index contributed by atoms with van der Waals surface area (Å²) in [6.45, 7) is 1.32. The van der Waals surface area contributed by atoms with Crippen LogP contribution in [0.15, 0.2) is 18.5 Å². The molecule has 1 spiro atoms. The van der Waals surface area contributed by atoms with Crippen LogP contribution in [0.1, 0.15) is 36.0 Å². The molecular weight excluding hydrogens is 434 g/mol. The number of carbonyl (C=O) groups excluding carboxylic acids is 1. The molecule has 168 valence electrons. The number of aliphatic carboxylic acids is 1. The van der Waals surface area contributed by atoms with Crippen LogP contribution in [0.2, 0.25) is 0 Å². The Balaban J connectivity index is 0.000000396. The van der Waals surface area contributed by atoms with Crippen LogP contribution in [0, 0.1) is 5.82 Å². The summed E-state index contributed by atoms with van der Waals surface area (Å²) in [4.78, 5) is 26.7. The third kappa shape index (κ3) is 5.45. The number of nitrogens with zero attached hydrogens (tertiary/aromatic N) is 3. The van der Waals surface area contributed by atoms with E-state index in [1.54, 1.807) is 4.90 Å². The molecule has 8 nitrogen and oxygen atoms in total. The van der Waals surface area contributed by atoms with Gasteiger partial charge >= 0.3 is 12.1 Å². The van der Waals surface area contributed by atoms with Gasteiger partial charge in [-0.2, -0.15) is 17.5 Å². The minimum absolute atomic E-state index is 0.0130. The summed E-state index contributed by atoms with van der Waals surface area (Å²) in [7, 11) is -3.32. The van der Waals surface area contributed by atoms with Gasteiger partial charge in [0.1, 0.15) is 0 Å². The summed E-state index contributed by atoms with van der Waals surface area (Å²) < 4.78 is 71.2. The zero-order chi connectivity index (χ0) is 22.7. The summed E-state index contributed by atoms with van der Waals surface area (Å²) in [5.74, 6) is -3.81. The highest BCUT2D eigenvalue weighted by molar-refractivity contribution is 7.88. The quantitative estimate of drug-likeness (QED) is 0.683. The lowest BCUT2D eigenvalue weighted by Crippen LogP contribution is -2.58. The minimum Gasteiger partial charge on any atom is -0.475 e. The van der Waals surface area contributed by atoms with Gasteiger partial charge in [-0.15, -0.1) is 0 Å². The van der Waals surface area contributed by atoms with Crippen LogP contribution in [-0.4, -0.2) is 77.2 Å². The molecule has 0 saturated carbocycles. The Bertz CT molecular complexity index is 909. The number of likely N-dealkylation sites (tertiary alicyclic amines) is 1. The Hall–Kier alpha value is -2.28. The van der Waals surface area contributed by atoms with Gasteiger partial charge in [0.25, 0.3) is 5.91 Å². The van der Waals surface area contributed by atoms with E-state index in [2.05, 4.69) is 4.98 Å². The van der Waals surface area contributed by atoms with Crippen molar-refractivity contribution in [1.82, 2.24) is 14.2 Å². The summed E-state index contributed by atoms with van der Waals surface area (Å²) in [6, 6.07) is 1.36. The molecule has 0 aliphatic carbocycles. The second-order valence-corrected chi connectivity index (χ2v) is 9.06. The van der Waals surface area contributed by atoms with Crippen LogP contribution < -0.4 is 0 Å². The van der Waals surface area contributed by atoms with Crippen molar-refractivity contribution >= 4 is 21.9 Å². The van der Waals surface area contributed by atoms with Gasteiger partial charge in [0.15, 0.2) is 5.82 Å². The molecule has 0 aromatic carbocycles. The van der Waals surface area contributed by atoms with Crippen LogP contribution in [-0.2, 0) is 14.8 Å². The van der Waals surface area contributed by atoms with Gasteiger partial charge in [-0.25, -0.2) is 17.6 Å². The van der Waals surface area contributed by atoms with E-state index in [4.69, 9.17) is 9.90 Å². The van der Waals surface area contributed by atoms with Crippen molar-refractivity contribution in [2.75, 3.05) is 25.9 Å². The number of carboxylic acid groups (broad SMARTS) is 1. The maximum absolute atomic E-state index is 13.8. The fraction of sp³-hybridized carbons (Fsp3) is 0.588. The van der Waals surface area contributed by atoms with Gasteiger partial charge in [0, 0.05) is 25.8 Å². The van der Waals surface area contributed by atoms with E-state index in [1.807, 2.05) is 0 Å². The lowest BCUT2D eigenvalue weighted by Gasteiger charge is -2.44. The molecule has 30 heavy (non-hydrogen) atoms. The molecule has 0 bridgehead atoms. The smallest absolute Gasteiger partial charge is 0.475 e. The largest absolute Gasteiger partial charge is 0.490 e. The molecule has 13 heteroatoms. The lowest BCUT2D eigenvalue weighted by molar-refractivity contribution is -0.192. The Morgan fingerprint density at radius 3 is 2.27 bits per heavy atom. The first kappa shape index (κ1) is 24.0. The van der Waals surface area contributed by atoms with E-state index in [0.29, 0.717) is 26.1 Å². The molecule has 2 aliphatic heterocycles. The van der Waals surface area contributed by atoms with Gasteiger partial charge < -0.3 is 10.0 Å². The van der Waals surface area contributed by atoms with E-state index in [0.717, 1.165) is 25.5 Å². The van der Waals surface area contributed by atoms with E-state index in [9.17, 15) is 30.8 Å². The maximum atomic E-state index is 13.8. The van der Waals surface area contributed by atoms with Crippen LogP contribution in [0.4, 0.5) is 17.6 Å². The van der Waals surface area contributed by atoms with E-state index in [1.165, 1.54) is 22.8 Å². The molecule has 1 N–H and O–H groups in total. The summed E-state index contributed by atoms with van der Waals surface area (Å²) >= 11 is 0. The molecule has 2 aliphatic rings. The predicted octanol–water partition coefficient (Wildman–Crippen LogP) is 1.88. The first-order valence-electron chi connectivity index (χ1n) is 8.95. The molecule has 1 unspecified atom stereocenters. The molecule has 0 radical (unpaired) electrons. The molecule has 1 amide bonds. The van der Waals surface area contributed by atoms with E-state index in [-0.39, 0.29) is 5.56 Å². The van der Waals surface area contributed by atoms with Gasteiger partial charge in [-0.05, 0) is 31.7 Å². The van der Waals surface area contributed by atoms with Crippen molar-refractivity contribution < 1.29 is 40.7 Å². The first-order valence-corrected chi connectivity index (χ1v) is 10.8.